The number of hydrogen-bond donors (Lipinski definition) is 1. The quantitative estimate of drug-likeness (QED) is 0.910. The van der Waals surface area contributed by atoms with E-state index >= 15 is 0 Å². The molecule has 0 radical (unpaired) electrons. The largest absolute Gasteiger partial charge is 0.495 e. The number of rotatable bonds is 4. The Morgan fingerprint density at radius 1 is 1.20 bits per heavy atom. The lowest BCUT2D eigenvalue weighted by Crippen LogP contribution is -2.35. The molecule has 3 rings (SSSR count). The van der Waals surface area contributed by atoms with Crippen LogP contribution in [-0.4, -0.2) is 28.0 Å². The normalized spacial score (nSPS) is 13.9. The van der Waals surface area contributed by atoms with E-state index in [-0.39, 0.29) is 16.6 Å². The number of anilines is 2. The molecule has 0 aromatic heterocycles. The molecule has 0 saturated carbocycles. The Balaban J connectivity index is 2.10. The van der Waals surface area contributed by atoms with Gasteiger partial charge in [0, 0.05) is 19.2 Å². The van der Waals surface area contributed by atoms with Crippen LogP contribution in [0.3, 0.4) is 0 Å². The number of ether oxygens (including phenoxy) is 1. The van der Waals surface area contributed by atoms with Gasteiger partial charge >= 0.3 is 0 Å². The Kier molecular flexibility index (Phi) is 4.67. The van der Waals surface area contributed by atoms with Crippen LogP contribution in [0.5, 0.6) is 5.75 Å². The van der Waals surface area contributed by atoms with E-state index in [9.17, 15) is 13.2 Å². The van der Waals surface area contributed by atoms with Gasteiger partial charge in [0.25, 0.3) is 10.0 Å². The van der Waals surface area contributed by atoms with Crippen molar-refractivity contribution in [1.82, 2.24) is 0 Å². The summed E-state index contributed by atoms with van der Waals surface area (Å²) in [5.74, 6) is -0.0195. The van der Waals surface area contributed by atoms with Gasteiger partial charge in [0.2, 0.25) is 5.91 Å². The standard InChI is InChI=1S/C18H20N2O4S/c1-13(21)19-15-9-10-17(24-2)18(12-15)25(22,23)20-11-5-7-14-6-3-4-8-16(14)20/h3-4,6,8-10,12H,5,7,11H2,1-2H3,(H,19,21). The SMILES string of the molecule is COc1ccc(NC(C)=O)cc1S(=O)(=O)N1CCCc2ccccc21. The van der Waals surface area contributed by atoms with Crippen molar-refractivity contribution in [2.75, 3.05) is 23.3 Å². The number of methoxy groups -OCH3 is 1. The highest BCUT2D eigenvalue weighted by molar-refractivity contribution is 7.93. The zero-order valence-corrected chi connectivity index (χ0v) is 15.0. The minimum atomic E-state index is -3.82. The van der Waals surface area contributed by atoms with E-state index < -0.39 is 10.0 Å². The lowest BCUT2D eigenvalue weighted by molar-refractivity contribution is -0.114. The molecule has 6 nitrogen and oxygen atoms in total. The first-order chi connectivity index (χ1) is 11.9. The fourth-order valence-electron chi connectivity index (χ4n) is 3.03. The van der Waals surface area contributed by atoms with Gasteiger partial charge in [-0.3, -0.25) is 9.10 Å². The van der Waals surface area contributed by atoms with Gasteiger partial charge in [-0.15, -0.1) is 0 Å². The summed E-state index contributed by atoms with van der Waals surface area (Å²) < 4.78 is 33.3. The molecule has 0 saturated heterocycles. The summed E-state index contributed by atoms with van der Waals surface area (Å²) in [4.78, 5) is 11.3. The summed E-state index contributed by atoms with van der Waals surface area (Å²) in [5.41, 5.74) is 2.12. The van der Waals surface area contributed by atoms with Gasteiger partial charge in [-0.05, 0) is 42.7 Å². The predicted molar refractivity (Wildman–Crippen MR) is 96.6 cm³/mol. The number of nitrogens with one attached hydrogen (secondary N) is 1. The number of carbonyl (C=O) groups excluding carboxylic acids is 1. The Bertz CT molecular complexity index is 909. The van der Waals surface area contributed by atoms with Crippen LogP contribution in [0.1, 0.15) is 18.9 Å². The van der Waals surface area contributed by atoms with Gasteiger partial charge in [0.15, 0.2) is 0 Å². The molecule has 0 aliphatic carbocycles. The molecule has 1 heterocycles. The maximum absolute atomic E-state index is 13.3. The van der Waals surface area contributed by atoms with Crippen molar-refractivity contribution in [3.63, 3.8) is 0 Å². The lowest BCUT2D eigenvalue weighted by atomic mass is 10.0. The Morgan fingerprint density at radius 3 is 2.68 bits per heavy atom. The van der Waals surface area contributed by atoms with E-state index in [4.69, 9.17) is 4.74 Å². The van der Waals surface area contributed by atoms with Crippen molar-refractivity contribution >= 4 is 27.3 Å². The smallest absolute Gasteiger partial charge is 0.268 e. The van der Waals surface area contributed by atoms with Crippen molar-refractivity contribution in [2.45, 2.75) is 24.7 Å². The van der Waals surface area contributed by atoms with E-state index in [1.807, 2.05) is 24.3 Å². The third kappa shape index (κ3) is 3.32. The first-order valence-electron chi connectivity index (χ1n) is 8.00. The number of para-hydroxylation sites is 1. The second-order valence-corrected chi connectivity index (χ2v) is 7.69. The summed E-state index contributed by atoms with van der Waals surface area (Å²) >= 11 is 0. The van der Waals surface area contributed by atoms with Crippen molar-refractivity contribution in [3.05, 3.63) is 48.0 Å². The Labute approximate surface area is 147 Å². The monoisotopic (exact) mass is 360 g/mol. The third-order valence-electron chi connectivity index (χ3n) is 4.12. The van der Waals surface area contributed by atoms with Crippen LogP contribution < -0.4 is 14.4 Å². The second kappa shape index (κ2) is 6.76. The molecule has 2 aromatic rings. The number of nitrogens with zero attached hydrogens (tertiary/aromatic N) is 1. The average Bonchev–Trinajstić information content (AvgIpc) is 2.60. The molecule has 132 valence electrons. The Hall–Kier alpha value is -2.54. The van der Waals surface area contributed by atoms with Crippen molar-refractivity contribution in [2.24, 2.45) is 0 Å². The highest BCUT2D eigenvalue weighted by atomic mass is 32.2. The van der Waals surface area contributed by atoms with Crippen molar-refractivity contribution < 1.29 is 17.9 Å². The van der Waals surface area contributed by atoms with Gasteiger partial charge in [-0.2, -0.15) is 0 Å². The fourth-order valence-corrected chi connectivity index (χ4v) is 4.75. The summed E-state index contributed by atoms with van der Waals surface area (Å²) in [6.07, 6.45) is 1.61. The molecule has 25 heavy (non-hydrogen) atoms. The maximum atomic E-state index is 13.3. The molecule has 0 spiro atoms. The number of aryl methyl sites for hydroxylation is 1. The number of amides is 1. The highest BCUT2D eigenvalue weighted by Gasteiger charge is 2.31. The molecule has 1 aliphatic heterocycles. The zero-order chi connectivity index (χ0) is 18.0. The molecule has 7 heteroatoms. The molecule has 1 amide bonds. The van der Waals surface area contributed by atoms with Gasteiger partial charge in [-0.1, -0.05) is 18.2 Å². The van der Waals surface area contributed by atoms with Gasteiger partial charge in [0.1, 0.15) is 10.6 Å². The van der Waals surface area contributed by atoms with Gasteiger partial charge in [-0.25, -0.2) is 8.42 Å². The Morgan fingerprint density at radius 2 is 1.96 bits per heavy atom. The van der Waals surface area contributed by atoms with E-state index in [2.05, 4.69) is 5.32 Å². The number of benzene rings is 2. The third-order valence-corrected chi connectivity index (χ3v) is 5.95. The van der Waals surface area contributed by atoms with Gasteiger partial charge in [0.05, 0.1) is 12.8 Å². The number of carbonyl (C=O) groups is 1. The average molecular weight is 360 g/mol. The number of hydrogen-bond acceptors (Lipinski definition) is 4. The van der Waals surface area contributed by atoms with Crippen molar-refractivity contribution in [3.8, 4) is 5.75 Å². The molecule has 1 aliphatic rings. The maximum Gasteiger partial charge on any atom is 0.268 e. The van der Waals surface area contributed by atoms with Crippen LogP contribution in [0.15, 0.2) is 47.4 Å². The zero-order valence-electron chi connectivity index (χ0n) is 14.2. The molecule has 0 bridgehead atoms. The lowest BCUT2D eigenvalue weighted by Gasteiger charge is -2.31. The molecule has 1 N–H and O–H groups in total. The number of fused-ring (bicyclic) bond motifs is 1. The van der Waals surface area contributed by atoms with Crippen LogP contribution in [0.25, 0.3) is 0 Å². The van der Waals surface area contributed by atoms with Crippen LogP contribution >= 0.6 is 0 Å². The molecule has 0 atom stereocenters. The first-order valence-corrected chi connectivity index (χ1v) is 9.44. The number of sulfonamides is 1. The van der Waals surface area contributed by atoms with Crippen LogP contribution in [0.4, 0.5) is 11.4 Å². The van der Waals surface area contributed by atoms with E-state index in [1.165, 1.54) is 24.4 Å². The minimum Gasteiger partial charge on any atom is -0.495 e. The van der Waals surface area contributed by atoms with Crippen LogP contribution in [0, 0.1) is 0 Å². The van der Waals surface area contributed by atoms with E-state index in [0.29, 0.717) is 17.9 Å². The van der Waals surface area contributed by atoms with Crippen molar-refractivity contribution in [1.29, 1.82) is 0 Å². The molecular weight excluding hydrogens is 340 g/mol. The van der Waals surface area contributed by atoms with Crippen LogP contribution in [0.2, 0.25) is 0 Å². The summed E-state index contributed by atoms with van der Waals surface area (Å²) in [6, 6.07) is 12.1. The molecular formula is C18H20N2O4S. The first kappa shape index (κ1) is 17.3. The van der Waals surface area contributed by atoms with E-state index in [0.717, 1.165) is 18.4 Å². The summed E-state index contributed by atoms with van der Waals surface area (Å²) in [6.45, 7) is 1.78. The predicted octanol–water partition coefficient (Wildman–Crippen LogP) is 2.80. The fraction of sp³-hybridized carbons (Fsp3) is 0.278. The summed E-state index contributed by atoms with van der Waals surface area (Å²) in [5, 5.41) is 2.61. The topological polar surface area (TPSA) is 75.7 Å². The van der Waals surface area contributed by atoms with E-state index in [1.54, 1.807) is 12.1 Å². The minimum absolute atomic E-state index is 0.0398. The molecule has 0 unspecified atom stereocenters. The van der Waals surface area contributed by atoms with Crippen LogP contribution in [-0.2, 0) is 21.2 Å². The second-order valence-electron chi connectivity index (χ2n) is 5.86. The highest BCUT2D eigenvalue weighted by Crippen LogP contribution is 2.36. The van der Waals surface area contributed by atoms with Gasteiger partial charge < -0.3 is 10.1 Å². The molecule has 0 fully saturated rings. The summed E-state index contributed by atoms with van der Waals surface area (Å²) in [7, 11) is -2.39. The molecule has 2 aromatic carbocycles.